The summed E-state index contributed by atoms with van der Waals surface area (Å²) in [5, 5.41) is 70.2. The van der Waals surface area contributed by atoms with Crippen LogP contribution in [0.3, 0.4) is 0 Å². The molecule has 0 unspecified atom stereocenters. The molecule has 0 aromatic carbocycles. The minimum absolute atomic E-state index is 0.461. The summed E-state index contributed by atoms with van der Waals surface area (Å²) in [5.41, 5.74) is -1.32. The average molecular weight is 490 g/mol. The fraction of sp³-hybridized carbons (Fsp3) is 0.762. The summed E-state index contributed by atoms with van der Waals surface area (Å²) in [6, 6.07) is 0. The van der Waals surface area contributed by atoms with Crippen molar-refractivity contribution in [1.82, 2.24) is 0 Å². The third kappa shape index (κ3) is 4.10. The Morgan fingerprint density at radius 1 is 0.912 bits per heavy atom. The van der Waals surface area contributed by atoms with Crippen LogP contribution in [-0.2, 0) is 28.5 Å². The minimum atomic E-state index is -1.78. The van der Waals surface area contributed by atoms with Gasteiger partial charge in [0.2, 0.25) is 6.29 Å². The van der Waals surface area contributed by atoms with Crippen LogP contribution in [0.4, 0.5) is 0 Å². The van der Waals surface area contributed by atoms with Gasteiger partial charge in [-0.05, 0) is 26.0 Å². The Hall–Kier alpha value is -1.49. The zero-order valence-corrected chi connectivity index (χ0v) is 18.4. The van der Waals surface area contributed by atoms with Gasteiger partial charge in [0, 0.05) is 0 Å². The highest BCUT2D eigenvalue weighted by Crippen LogP contribution is 2.45. The lowest BCUT2D eigenvalue weighted by Crippen LogP contribution is -2.63. The van der Waals surface area contributed by atoms with E-state index in [-0.39, 0.29) is 0 Å². The predicted octanol–water partition coefficient (Wildman–Crippen LogP) is -3.60. The second-order valence-electron chi connectivity index (χ2n) is 8.96. The lowest BCUT2D eigenvalue weighted by Gasteiger charge is -2.46. The molecule has 1 aliphatic carbocycles. The van der Waals surface area contributed by atoms with Crippen molar-refractivity contribution in [3.05, 3.63) is 24.0 Å². The molecule has 0 radical (unpaired) electrons. The molecule has 2 saturated heterocycles. The maximum Gasteiger partial charge on any atom is 0.211 e. The third-order valence-corrected chi connectivity index (χ3v) is 6.73. The summed E-state index contributed by atoms with van der Waals surface area (Å²) in [7, 11) is 0. The van der Waals surface area contributed by atoms with Crippen LogP contribution in [0.15, 0.2) is 24.0 Å². The van der Waals surface area contributed by atoms with E-state index in [1.54, 1.807) is 6.92 Å². The van der Waals surface area contributed by atoms with E-state index in [0.29, 0.717) is 5.57 Å². The minimum Gasteiger partial charge on any atom is -0.472 e. The van der Waals surface area contributed by atoms with E-state index in [0.717, 1.165) is 6.26 Å². The number of hydrogen-bond donors (Lipinski definition) is 7. The van der Waals surface area contributed by atoms with Crippen molar-refractivity contribution in [2.45, 2.75) is 87.2 Å². The summed E-state index contributed by atoms with van der Waals surface area (Å²) < 4.78 is 28.1. The highest BCUT2D eigenvalue weighted by Gasteiger charge is 2.59. The first kappa shape index (κ1) is 25.6. The Morgan fingerprint density at radius 2 is 1.56 bits per heavy atom. The van der Waals surface area contributed by atoms with E-state index < -0.39 is 91.6 Å². The van der Waals surface area contributed by atoms with Gasteiger partial charge in [-0.2, -0.15) is 0 Å². The highest BCUT2D eigenvalue weighted by atomic mass is 16.8. The van der Waals surface area contributed by atoms with Crippen molar-refractivity contribution < 1.29 is 64.2 Å². The normalized spacial score (nSPS) is 51.1. The molecule has 13 heteroatoms. The quantitative estimate of drug-likeness (QED) is 0.199. The number of ketones is 1. The van der Waals surface area contributed by atoms with Crippen LogP contribution >= 0.6 is 0 Å². The fourth-order valence-electron chi connectivity index (χ4n) is 4.70. The van der Waals surface area contributed by atoms with E-state index in [9.17, 15) is 40.5 Å². The topological polar surface area (TPSA) is 205 Å². The molecule has 4 rings (SSSR count). The molecule has 2 fully saturated rings. The third-order valence-electron chi connectivity index (χ3n) is 6.73. The van der Waals surface area contributed by atoms with E-state index in [1.165, 1.54) is 19.1 Å². The monoisotopic (exact) mass is 490 g/mol. The van der Waals surface area contributed by atoms with Gasteiger partial charge >= 0.3 is 0 Å². The number of aliphatic hydroxyl groups excluding tert-OH is 7. The molecule has 0 aromatic heterocycles. The maximum atomic E-state index is 13.0. The van der Waals surface area contributed by atoms with E-state index in [2.05, 4.69) is 0 Å². The number of carbonyl (C=O) groups excluding carboxylic acids is 1. The van der Waals surface area contributed by atoms with E-state index >= 15 is 0 Å². The molecule has 3 heterocycles. The Morgan fingerprint density at radius 3 is 2.24 bits per heavy atom. The van der Waals surface area contributed by atoms with Gasteiger partial charge < -0.3 is 59.4 Å². The number of hydrogen-bond acceptors (Lipinski definition) is 13. The zero-order chi connectivity index (χ0) is 24.9. The molecule has 3 aliphatic heterocycles. The maximum absolute atomic E-state index is 13.0. The number of carbonyl (C=O) groups is 1. The van der Waals surface area contributed by atoms with Gasteiger partial charge in [-0.1, -0.05) is 5.57 Å². The Balaban J connectivity index is 1.58. The SMILES string of the molecule is CC1=CC(=O)[C@@]2(O[C@@H]3O[C@H](C)[C@H](O)[C@@H](O)[C@@H]3O)C=CO[C@@H](O[C@@H]3O[C@@H](CO)[C@@H](O)[C@H](O)[C@@H]3O)[C@H]12. The molecule has 0 aromatic rings. The summed E-state index contributed by atoms with van der Waals surface area (Å²) in [6.07, 6.45) is -12.3. The van der Waals surface area contributed by atoms with Crippen molar-refractivity contribution in [1.29, 1.82) is 0 Å². The van der Waals surface area contributed by atoms with E-state index in [1.807, 2.05) is 0 Å². The summed E-state index contributed by atoms with van der Waals surface area (Å²) in [4.78, 5) is 13.0. The Labute approximate surface area is 194 Å². The van der Waals surface area contributed by atoms with Gasteiger partial charge in [0.15, 0.2) is 24.0 Å². The second-order valence-corrected chi connectivity index (χ2v) is 8.96. The van der Waals surface area contributed by atoms with Crippen LogP contribution < -0.4 is 0 Å². The van der Waals surface area contributed by atoms with Crippen molar-refractivity contribution in [2.24, 2.45) is 5.92 Å². The number of ether oxygens (including phenoxy) is 5. The molecule has 13 nitrogen and oxygen atoms in total. The first-order valence-corrected chi connectivity index (χ1v) is 10.9. The molecule has 0 saturated carbocycles. The molecule has 7 N–H and O–H groups in total. The van der Waals surface area contributed by atoms with Crippen LogP contribution in [0.1, 0.15) is 13.8 Å². The van der Waals surface area contributed by atoms with Crippen LogP contribution in [0.5, 0.6) is 0 Å². The lowest BCUT2D eigenvalue weighted by molar-refractivity contribution is -0.353. The lowest BCUT2D eigenvalue weighted by atomic mass is 9.83. The first-order valence-electron chi connectivity index (χ1n) is 10.9. The van der Waals surface area contributed by atoms with Gasteiger partial charge in [-0.15, -0.1) is 0 Å². The van der Waals surface area contributed by atoms with Crippen molar-refractivity contribution in [3.63, 3.8) is 0 Å². The summed E-state index contributed by atoms with van der Waals surface area (Å²) in [5.74, 6) is -1.49. The second kappa shape index (κ2) is 9.52. The van der Waals surface area contributed by atoms with Gasteiger partial charge in [0.05, 0.1) is 24.9 Å². The van der Waals surface area contributed by atoms with Crippen LogP contribution in [0, 0.1) is 5.92 Å². The molecule has 13 atom stereocenters. The molecule has 34 heavy (non-hydrogen) atoms. The highest BCUT2D eigenvalue weighted by molar-refractivity contribution is 6.03. The molecular formula is C21H30O13. The standard InChI is InChI=1S/C21H30O13/c1-7-5-10(23)21(34-20-17(29)14(26)12(24)8(2)31-20)3-4-30-18(11(7)21)33-19-16(28)15(27)13(25)9(6-22)32-19/h3-5,8-9,11-20,22,24-29H,6H2,1-2H3/t8-,9+,11+,12+,13-,14-,15+,16+,17+,18+,19+,20+,21+/m1/s1. The average Bonchev–Trinajstić information content (AvgIpc) is 3.06. The fourth-order valence-corrected chi connectivity index (χ4v) is 4.70. The smallest absolute Gasteiger partial charge is 0.211 e. The molecule has 0 spiro atoms. The van der Waals surface area contributed by atoms with E-state index in [4.69, 9.17) is 23.7 Å². The van der Waals surface area contributed by atoms with Crippen molar-refractivity contribution >= 4 is 5.78 Å². The zero-order valence-electron chi connectivity index (χ0n) is 18.4. The van der Waals surface area contributed by atoms with Crippen LogP contribution in [-0.4, -0.2) is 121 Å². The first-order chi connectivity index (χ1) is 16.0. The molecular weight excluding hydrogens is 460 g/mol. The number of fused-ring (bicyclic) bond motifs is 1. The van der Waals surface area contributed by atoms with Crippen LogP contribution in [0.25, 0.3) is 0 Å². The Kier molecular flexibility index (Phi) is 7.17. The van der Waals surface area contributed by atoms with Crippen LogP contribution in [0.2, 0.25) is 0 Å². The van der Waals surface area contributed by atoms with Gasteiger partial charge in [0.1, 0.15) is 42.7 Å². The molecule has 0 bridgehead atoms. The summed E-state index contributed by atoms with van der Waals surface area (Å²) in [6.45, 7) is 2.42. The number of rotatable bonds is 5. The largest absolute Gasteiger partial charge is 0.472 e. The number of aliphatic hydroxyl groups is 7. The van der Waals surface area contributed by atoms with Crippen molar-refractivity contribution in [3.8, 4) is 0 Å². The predicted molar refractivity (Wildman–Crippen MR) is 107 cm³/mol. The molecule has 4 aliphatic rings. The molecule has 0 amide bonds. The van der Waals surface area contributed by atoms with Gasteiger partial charge in [-0.25, -0.2) is 0 Å². The summed E-state index contributed by atoms with van der Waals surface area (Å²) >= 11 is 0. The van der Waals surface area contributed by atoms with Crippen molar-refractivity contribution in [2.75, 3.05) is 6.61 Å². The Bertz CT molecular complexity index is 829. The molecule has 192 valence electrons. The van der Waals surface area contributed by atoms with Gasteiger partial charge in [-0.3, -0.25) is 4.79 Å². The van der Waals surface area contributed by atoms with Gasteiger partial charge in [0.25, 0.3) is 0 Å².